The number of methoxy groups -OCH3 is 1. The van der Waals surface area contributed by atoms with E-state index in [2.05, 4.69) is 5.32 Å². The first-order valence-corrected chi connectivity index (χ1v) is 6.21. The van der Waals surface area contributed by atoms with E-state index in [0.717, 1.165) is 12.8 Å². The number of ether oxygens (including phenoxy) is 1. The van der Waals surface area contributed by atoms with Gasteiger partial charge in [0.15, 0.2) is 17.3 Å². The molecule has 0 radical (unpaired) electrons. The summed E-state index contributed by atoms with van der Waals surface area (Å²) in [6.45, 7) is 0. The fourth-order valence-electron chi connectivity index (χ4n) is 2.71. The van der Waals surface area contributed by atoms with Gasteiger partial charge in [0.1, 0.15) is 5.54 Å². The standard InChI is InChI=1S/C14H18FNO2/c1-16-14(9-4-3-8-12(14)17)10-6-5-7-11(18-2)13(10)15/h5-7,16H,3-4,8-9H2,1-2H3/t14-/m1/s1. The van der Waals surface area contributed by atoms with Crippen LogP contribution in [0.1, 0.15) is 31.2 Å². The summed E-state index contributed by atoms with van der Waals surface area (Å²) in [5.41, 5.74) is -0.495. The molecular formula is C14H18FNO2. The number of ketones is 1. The predicted octanol–water partition coefficient (Wildman–Crippen LogP) is 2.39. The van der Waals surface area contributed by atoms with Crippen LogP contribution in [0.2, 0.25) is 0 Å². The van der Waals surface area contributed by atoms with Crippen LogP contribution in [-0.4, -0.2) is 19.9 Å². The third-order valence-electron chi connectivity index (χ3n) is 3.75. The Labute approximate surface area is 106 Å². The van der Waals surface area contributed by atoms with Crippen LogP contribution in [0.4, 0.5) is 4.39 Å². The summed E-state index contributed by atoms with van der Waals surface area (Å²) in [6, 6.07) is 4.95. The van der Waals surface area contributed by atoms with Crippen LogP contribution in [0.25, 0.3) is 0 Å². The number of carbonyl (C=O) groups is 1. The normalized spacial score (nSPS) is 24.1. The SMILES string of the molecule is CN[C@@]1(c2cccc(OC)c2F)CCCCC1=O. The van der Waals surface area contributed by atoms with Crippen LogP contribution < -0.4 is 10.1 Å². The molecule has 4 heteroatoms. The molecular weight excluding hydrogens is 233 g/mol. The smallest absolute Gasteiger partial charge is 0.170 e. The van der Waals surface area contributed by atoms with Crippen molar-refractivity contribution in [3.05, 3.63) is 29.6 Å². The number of halogens is 1. The van der Waals surface area contributed by atoms with Gasteiger partial charge in [0, 0.05) is 12.0 Å². The molecule has 0 aliphatic heterocycles. The van der Waals surface area contributed by atoms with E-state index in [1.54, 1.807) is 25.2 Å². The minimum atomic E-state index is -0.892. The molecule has 1 aliphatic rings. The molecule has 1 aliphatic carbocycles. The number of hydrogen-bond donors (Lipinski definition) is 1. The molecule has 0 heterocycles. The molecule has 1 aromatic carbocycles. The second-order valence-corrected chi connectivity index (χ2v) is 4.61. The third-order valence-corrected chi connectivity index (χ3v) is 3.75. The maximum atomic E-state index is 14.3. The maximum Gasteiger partial charge on any atom is 0.170 e. The van der Waals surface area contributed by atoms with Crippen molar-refractivity contribution in [2.45, 2.75) is 31.2 Å². The summed E-state index contributed by atoms with van der Waals surface area (Å²) in [6.07, 6.45) is 2.93. The van der Waals surface area contributed by atoms with Gasteiger partial charge in [0.05, 0.1) is 7.11 Å². The summed E-state index contributed by atoms with van der Waals surface area (Å²) in [7, 11) is 3.14. The monoisotopic (exact) mass is 251 g/mol. The van der Waals surface area contributed by atoms with Crippen molar-refractivity contribution in [3.63, 3.8) is 0 Å². The van der Waals surface area contributed by atoms with Gasteiger partial charge in [-0.3, -0.25) is 4.79 Å². The highest BCUT2D eigenvalue weighted by atomic mass is 19.1. The Hall–Kier alpha value is -1.42. The zero-order valence-corrected chi connectivity index (χ0v) is 10.8. The quantitative estimate of drug-likeness (QED) is 0.896. The van der Waals surface area contributed by atoms with Gasteiger partial charge in [0.25, 0.3) is 0 Å². The molecule has 1 aromatic rings. The topological polar surface area (TPSA) is 38.3 Å². The van der Waals surface area contributed by atoms with Gasteiger partial charge in [-0.25, -0.2) is 4.39 Å². The predicted molar refractivity (Wildman–Crippen MR) is 67.2 cm³/mol. The summed E-state index contributed by atoms with van der Waals surface area (Å²) >= 11 is 0. The van der Waals surface area contributed by atoms with Crippen molar-refractivity contribution in [2.24, 2.45) is 0 Å². The Morgan fingerprint density at radius 2 is 2.17 bits per heavy atom. The van der Waals surface area contributed by atoms with Gasteiger partial charge >= 0.3 is 0 Å². The molecule has 1 fully saturated rings. The Kier molecular flexibility index (Phi) is 3.66. The third kappa shape index (κ3) is 1.90. The zero-order chi connectivity index (χ0) is 13.2. The number of nitrogens with one attached hydrogen (secondary N) is 1. The molecule has 0 spiro atoms. The van der Waals surface area contributed by atoms with Crippen molar-refractivity contribution in [1.29, 1.82) is 0 Å². The minimum Gasteiger partial charge on any atom is -0.494 e. The summed E-state index contributed by atoms with van der Waals surface area (Å²) in [5.74, 6) is -0.200. The number of rotatable bonds is 3. The number of hydrogen-bond acceptors (Lipinski definition) is 3. The van der Waals surface area contributed by atoms with Gasteiger partial charge in [-0.15, -0.1) is 0 Å². The second-order valence-electron chi connectivity index (χ2n) is 4.61. The molecule has 1 atom stereocenters. The molecule has 0 saturated heterocycles. The molecule has 2 rings (SSSR count). The molecule has 18 heavy (non-hydrogen) atoms. The fraction of sp³-hybridized carbons (Fsp3) is 0.500. The van der Waals surface area contributed by atoms with E-state index in [9.17, 15) is 9.18 Å². The molecule has 0 aromatic heterocycles. The summed E-state index contributed by atoms with van der Waals surface area (Å²) in [5, 5.41) is 3.03. The molecule has 1 N–H and O–H groups in total. The molecule has 0 bridgehead atoms. The Morgan fingerprint density at radius 1 is 1.39 bits per heavy atom. The highest BCUT2D eigenvalue weighted by Gasteiger charge is 2.42. The van der Waals surface area contributed by atoms with E-state index in [0.29, 0.717) is 18.4 Å². The second kappa shape index (κ2) is 5.06. The molecule has 98 valence electrons. The number of carbonyl (C=O) groups excluding carboxylic acids is 1. The zero-order valence-electron chi connectivity index (χ0n) is 10.8. The van der Waals surface area contributed by atoms with E-state index in [1.807, 2.05) is 0 Å². The van der Waals surface area contributed by atoms with Crippen molar-refractivity contribution in [2.75, 3.05) is 14.2 Å². The highest BCUT2D eigenvalue weighted by molar-refractivity contribution is 5.90. The molecule has 1 saturated carbocycles. The summed E-state index contributed by atoms with van der Waals surface area (Å²) in [4.78, 5) is 12.2. The molecule has 0 amide bonds. The lowest BCUT2D eigenvalue weighted by atomic mass is 9.75. The molecule has 3 nitrogen and oxygen atoms in total. The van der Waals surface area contributed by atoms with Gasteiger partial charge in [-0.2, -0.15) is 0 Å². The van der Waals surface area contributed by atoms with E-state index >= 15 is 0 Å². The fourth-order valence-corrected chi connectivity index (χ4v) is 2.71. The van der Waals surface area contributed by atoms with Gasteiger partial charge in [-0.1, -0.05) is 18.6 Å². The lowest BCUT2D eigenvalue weighted by Gasteiger charge is -2.36. The lowest BCUT2D eigenvalue weighted by molar-refractivity contribution is -0.127. The highest BCUT2D eigenvalue weighted by Crippen LogP contribution is 2.37. The largest absolute Gasteiger partial charge is 0.494 e. The van der Waals surface area contributed by atoms with Crippen LogP contribution in [0, 0.1) is 5.82 Å². The maximum absolute atomic E-state index is 14.3. The first kappa shape index (κ1) is 13.0. The van der Waals surface area contributed by atoms with Crippen LogP contribution in [0.5, 0.6) is 5.75 Å². The summed E-state index contributed by atoms with van der Waals surface area (Å²) < 4.78 is 19.3. The van der Waals surface area contributed by atoms with Crippen molar-refractivity contribution in [3.8, 4) is 5.75 Å². The van der Waals surface area contributed by atoms with E-state index in [4.69, 9.17) is 4.74 Å². The van der Waals surface area contributed by atoms with E-state index in [1.165, 1.54) is 7.11 Å². The number of likely N-dealkylation sites (N-methyl/N-ethyl adjacent to an activating group) is 1. The molecule has 0 unspecified atom stereocenters. The van der Waals surface area contributed by atoms with Crippen molar-refractivity contribution >= 4 is 5.78 Å². The Bertz CT molecular complexity index is 461. The van der Waals surface area contributed by atoms with Crippen molar-refractivity contribution in [1.82, 2.24) is 5.32 Å². The van der Waals surface area contributed by atoms with E-state index in [-0.39, 0.29) is 11.5 Å². The Morgan fingerprint density at radius 3 is 2.78 bits per heavy atom. The van der Waals surface area contributed by atoms with Gasteiger partial charge < -0.3 is 10.1 Å². The van der Waals surface area contributed by atoms with Crippen LogP contribution in [0.3, 0.4) is 0 Å². The van der Waals surface area contributed by atoms with Crippen molar-refractivity contribution < 1.29 is 13.9 Å². The van der Waals surface area contributed by atoms with E-state index < -0.39 is 11.4 Å². The number of benzene rings is 1. The van der Waals surface area contributed by atoms with Crippen LogP contribution >= 0.6 is 0 Å². The lowest BCUT2D eigenvalue weighted by Crippen LogP contribution is -2.49. The van der Waals surface area contributed by atoms with Crippen LogP contribution in [-0.2, 0) is 10.3 Å². The van der Waals surface area contributed by atoms with Gasteiger partial charge in [0.2, 0.25) is 0 Å². The average molecular weight is 251 g/mol. The van der Waals surface area contributed by atoms with Gasteiger partial charge in [-0.05, 0) is 26.0 Å². The number of Topliss-reactive ketones (excluding diaryl/α,β-unsaturated/α-hetero) is 1. The minimum absolute atomic E-state index is 0.0587. The van der Waals surface area contributed by atoms with Crippen LogP contribution in [0.15, 0.2) is 18.2 Å². The first-order chi connectivity index (χ1) is 8.65. The first-order valence-electron chi connectivity index (χ1n) is 6.21. The Balaban J connectivity index is 2.53. The average Bonchev–Trinajstić information content (AvgIpc) is 2.40.